The first kappa shape index (κ1) is 14.2. The molecule has 0 fully saturated rings. The number of hydrogen-bond acceptors (Lipinski definition) is 2. The minimum Gasteiger partial charge on any atom is -0.325 e. The normalized spacial score (nSPS) is 10.7. The molecule has 0 bridgehead atoms. The molecule has 1 rings (SSSR count). The molecule has 0 unspecified atom stereocenters. The van der Waals surface area contributed by atoms with Gasteiger partial charge in [0.1, 0.15) is 0 Å². The van der Waals surface area contributed by atoms with Crippen molar-refractivity contribution in [2.45, 2.75) is 33.7 Å². The monoisotopic (exact) mass is 298 g/mol. The van der Waals surface area contributed by atoms with E-state index in [2.05, 4.69) is 26.6 Å². The van der Waals surface area contributed by atoms with Crippen molar-refractivity contribution in [2.75, 3.05) is 11.9 Å². The Bertz CT molecular complexity index is 393. The summed E-state index contributed by atoms with van der Waals surface area (Å²) in [6.07, 6.45) is 0. The second kappa shape index (κ2) is 6.17. The Hall–Kier alpha value is -0.870. The molecule has 0 aromatic heterocycles. The topological polar surface area (TPSA) is 41.1 Å². The number of benzene rings is 1. The molecule has 17 heavy (non-hydrogen) atoms. The van der Waals surface area contributed by atoms with E-state index in [1.54, 1.807) is 0 Å². The summed E-state index contributed by atoms with van der Waals surface area (Å²) in [4.78, 5) is 11.6. The lowest BCUT2D eigenvalue weighted by molar-refractivity contribution is -0.115. The van der Waals surface area contributed by atoms with Gasteiger partial charge in [-0.3, -0.25) is 4.79 Å². The van der Waals surface area contributed by atoms with E-state index in [-0.39, 0.29) is 5.91 Å². The summed E-state index contributed by atoms with van der Waals surface area (Å²) < 4.78 is 1.09. The number of hydrogen-bond donors (Lipinski definition) is 2. The fourth-order valence-corrected chi connectivity index (χ4v) is 1.75. The van der Waals surface area contributed by atoms with Crippen LogP contribution in [0.3, 0.4) is 0 Å². The third kappa shape index (κ3) is 4.48. The van der Waals surface area contributed by atoms with Crippen molar-refractivity contribution in [3.8, 4) is 0 Å². The van der Waals surface area contributed by atoms with Crippen LogP contribution in [-0.2, 0) is 4.79 Å². The summed E-state index contributed by atoms with van der Waals surface area (Å²) in [6, 6.07) is 4.24. The molecule has 0 atom stereocenters. The number of carbonyl (C=O) groups excluding carboxylic acids is 1. The van der Waals surface area contributed by atoms with Crippen LogP contribution >= 0.6 is 15.9 Å². The van der Waals surface area contributed by atoms with Gasteiger partial charge in [-0.05, 0) is 37.1 Å². The van der Waals surface area contributed by atoms with Gasteiger partial charge in [0, 0.05) is 16.2 Å². The Balaban J connectivity index is 2.66. The van der Waals surface area contributed by atoms with Gasteiger partial charge in [0.15, 0.2) is 0 Å². The summed E-state index contributed by atoms with van der Waals surface area (Å²) in [5, 5.41) is 5.97. The summed E-state index contributed by atoms with van der Waals surface area (Å²) in [6.45, 7) is 8.40. The van der Waals surface area contributed by atoms with Crippen LogP contribution in [0.25, 0.3) is 0 Å². The predicted molar refractivity (Wildman–Crippen MR) is 75.4 cm³/mol. The largest absolute Gasteiger partial charge is 0.325 e. The Morgan fingerprint density at radius 2 is 1.82 bits per heavy atom. The van der Waals surface area contributed by atoms with E-state index < -0.39 is 0 Å². The van der Waals surface area contributed by atoms with E-state index in [1.165, 1.54) is 0 Å². The number of rotatable bonds is 4. The van der Waals surface area contributed by atoms with E-state index in [0.29, 0.717) is 12.6 Å². The number of halogens is 1. The van der Waals surface area contributed by atoms with Crippen LogP contribution in [0.4, 0.5) is 5.69 Å². The van der Waals surface area contributed by atoms with E-state index in [0.717, 1.165) is 21.3 Å². The van der Waals surface area contributed by atoms with E-state index in [1.807, 2.05) is 39.8 Å². The van der Waals surface area contributed by atoms with Crippen LogP contribution in [0.5, 0.6) is 0 Å². The molecule has 94 valence electrons. The maximum atomic E-state index is 11.6. The summed E-state index contributed by atoms with van der Waals surface area (Å²) in [7, 11) is 0. The maximum absolute atomic E-state index is 11.6. The maximum Gasteiger partial charge on any atom is 0.238 e. The van der Waals surface area contributed by atoms with Crippen LogP contribution in [-0.4, -0.2) is 18.5 Å². The zero-order valence-electron chi connectivity index (χ0n) is 10.7. The fraction of sp³-hybridized carbons (Fsp3) is 0.462. The molecule has 0 radical (unpaired) electrons. The van der Waals surface area contributed by atoms with Crippen molar-refractivity contribution in [1.82, 2.24) is 5.32 Å². The molecule has 3 nitrogen and oxygen atoms in total. The minimum atomic E-state index is -0.0141. The van der Waals surface area contributed by atoms with E-state index in [9.17, 15) is 4.79 Å². The smallest absolute Gasteiger partial charge is 0.238 e. The summed E-state index contributed by atoms with van der Waals surface area (Å²) in [5.74, 6) is -0.0141. The highest BCUT2D eigenvalue weighted by molar-refractivity contribution is 9.10. The summed E-state index contributed by atoms with van der Waals surface area (Å²) in [5.41, 5.74) is 3.09. The molecule has 2 N–H and O–H groups in total. The first-order valence-electron chi connectivity index (χ1n) is 5.70. The minimum absolute atomic E-state index is 0.0141. The van der Waals surface area contributed by atoms with Crippen LogP contribution in [0.15, 0.2) is 16.6 Å². The highest BCUT2D eigenvalue weighted by Crippen LogP contribution is 2.24. The second-order valence-corrected chi connectivity index (χ2v) is 5.30. The quantitative estimate of drug-likeness (QED) is 0.897. The molecule has 0 saturated heterocycles. The standard InChI is InChI=1S/C13H19BrN2O/c1-8(2)15-7-12(17)16-11-5-9(3)13(14)10(4)6-11/h5-6,8,15H,7H2,1-4H3,(H,16,17). The first-order chi connectivity index (χ1) is 7.90. The van der Waals surface area contributed by atoms with E-state index >= 15 is 0 Å². The molecule has 1 aromatic carbocycles. The van der Waals surface area contributed by atoms with Gasteiger partial charge in [0.05, 0.1) is 6.54 Å². The molecule has 0 aliphatic rings. The number of nitrogens with one attached hydrogen (secondary N) is 2. The summed E-state index contributed by atoms with van der Waals surface area (Å²) >= 11 is 3.50. The third-order valence-corrected chi connectivity index (χ3v) is 3.64. The number of carbonyl (C=O) groups is 1. The van der Waals surface area contributed by atoms with Crippen molar-refractivity contribution < 1.29 is 4.79 Å². The van der Waals surface area contributed by atoms with Crippen molar-refractivity contribution >= 4 is 27.5 Å². The van der Waals surface area contributed by atoms with Gasteiger partial charge in [-0.2, -0.15) is 0 Å². The van der Waals surface area contributed by atoms with Gasteiger partial charge in [-0.1, -0.05) is 29.8 Å². The Kier molecular flexibility index (Phi) is 5.15. The SMILES string of the molecule is Cc1cc(NC(=O)CNC(C)C)cc(C)c1Br. The van der Waals surface area contributed by atoms with Gasteiger partial charge in [0.25, 0.3) is 0 Å². The zero-order chi connectivity index (χ0) is 13.0. The van der Waals surface area contributed by atoms with Crippen LogP contribution in [0, 0.1) is 13.8 Å². The third-order valence-electron chi connectivity index (χ3n) is 2.39. The molecule has 0 spiro atoms. The molecule has 0 aliphatic carbocycles. The molecule has 1 amide bonds. The van der Waals surface area contributed by atoms with Crippen molar-refractivity contribution in [1.29, 1.82) is 0 Å². The van der Waals surface area contributed by atoms with Crippen molar-refractivity contribution in [3.63, 3.8) is 0 Å². The first-order valence-corrected chi connectivity index (χ1v) is 6.49. The van der Waals surface area contributed by atoms with Crippen molar-refractivity contribution in [3.05, 3.63) is 27.7 Å². The van der Waals surface area contributed by atoms with Crippen LogP contribution in [0.1, 0.15) is 25.0 Å². The molecule has 0 saturated carbocycles. The second-order valence-electron chi connectivity index (χ2n) is 4.51. The predicted octanol–water partition coefficient (Wildman–Crippen LogP) is 3.00. The lowest BCUT2D eigenvalue weighted by Crippen LogP contribution is -2.32. The average Bonchev–Trinajstić information content (AvgIpc) is 2.23. The van der Waals surface area contributed by atoms with Crippen LogP contribution in [0.2, 0.25) is 0 Å². The lowest BCUT2D eigenvalue weighted by atomic mass is 10.1. The van der Waals surface area contributed by atoms with E-state index in [4.69, 9.17) is 0 Å². The molecule has 4 heteroatoms. The Labute approximate surface area is 111 Å². The van der Waals surface area contributed by atoms with Crippen molar-refractivity contribution in [2.24, 2.45) is 0 Å². The highest BCUT2D eigenvalue weighted by Gasteiger charge is 2.06. The molecular formula is C13H19BrN2O. The molecule has 0 heterocycles. The van der Waals surface area contributed by atoms with Gasteiger partial charge in [-0.15, -0.1) is 0 Å². The number of anilines is 1. The number of amides is 1. The van der Waals surface area contributed by atoms with Crippen LogP contribution < -0.4 is 10.6 Å². The van der Waals surface area contributed by atoms with Gasteiger partial charge < -0.3 is 10.6 Å². The molecule has 1 aromatic rings. The number of aryl methyl sites for hydroxylation is 2. The fourth-order valence-electron chi connectivity index (χ4n) is 1.52. The van der Waals surface area contributed by atoms with Gasteiger partial charge in [-0.25, -0.2) is 0 Å². The highest BCUT2D eigenvalue weighted by atomic mass is 79.9. The molecular weight excluding hydrogens is 280 g/mol. The molecule has 0 aliphatic heterocycles. The van der Waals surface area contributed by atoms with Gasteiger partial charge >= 0.3 is 0 Å². The zero-order valence-corrected chi connectivity index (χ0v) is 12.3. The lowest BCUT2D eigenvalue weighted by Gasteiger charge is -2.11. The Morgan fingerprint density at radius 3 is 2.29 bits per heavy atom. The Morgan fingerprint density at radius 1 is 1.29 bits per heavy atom. The van der Waals surface area contributed by atoms with Gasteiger partial charge in [0.2, 0.25) is 5.91 Å². The average molecular weight is 299 g/mol.